The molecule has 0 spiro atoms. The van der Waals surface area contributed by atoms with E-state index in [-0.39, 0.29) is 16.9 Å². The average molecular weight is 355 g/mol. The molecule has 0 fully saturated rings. The van der Waals surface area contributed by atoms with Crippen LogP contribution in [0.15, 0.2) is 29.1 Å². The standard InChI is InChI=1S/C18H21N5O3/c1-3-4-5-13-20-14(16(19)24)15-17(21-13)23(18(25)22-15)10-11-6-8-12(26-2)9-7-11/h6-9H,3-5,10H2,1-2H3,(H2,19,24)(H,22,25). The van der Waals surface area contributed by atoms with E-state index in [2.05, 4.69) is 21.9 Å². The van der Waals surface area contributed by atoms with E-state index >= 15 is 0 Å². The second-order valence-corrected chi connectivity index (χ2v) is 6.02. The van der Waals surface area contributed by atoms with Crippen LogP contribution in [0.2, 0.25) is 0 Å². The summed E-state index contributed by atoms with van der Waals surface area (Å²) in [6.07, 6.45) is 2.48. The van der Waals surface area contributed by atoms with Gasteiger partial charge in [-0.1, -0.05) is 25.5 Å². The van der Waals surface area contributed by atoms with Gasteiger partial charge in [-0.25, -0.2) is 14.8 Å². The number of benzene rings is 1. The average Bonchev–Trinajstić information content (AvgIpc) is 2.95. The van der Waals surface area contributed by atoms with Gasteiger partial charge in [-0.15, -0.1) is 0 Å². The van der Waals surface area contributed by atoms with Crippen molar-refractivity contribution in [3.05, 3.63) is 51.8 Å². The van der Waals surface area contributed by atoms with Gasteiger partial charge in [0, 0.05) is 6.42 Å². The Morgan fingerprint density at radius 2 is 2.00 bits per heavy atom. The summed E-state index contributed by atoms with van der Waals surface area (Å²) in [6.45, 7) is 2.37. The lowest BCUT2D eigenvalue weighted by Gasteiger charge is -2.07. The first-order chi connectivity index (χ1) is 12.5. The Bertz CT molecular complexity index is 988. The Labute approximate surface area is 150 Å². The second kappa shape index (κ2) is 7.38. The normalized spacial score (nSPS) is 11.0. The number of carbonyl (C=O) groups is 1. The number of nitrogens with zero attached hydrogens (tertiary/aromatic N) is 3. The number of nitrogens with one attached hydrogen (secondary N) is 1. The molecule has 0 aliphatic rings. The molecule has 0 saturated carbocycles. The lowest BCUT2D eigenvalue weighted by molar-refractivity contribution is 0.0996. The van der Waals surface area contributed by atoms with Gasteiger partial charge in [0.25, 0.3) is 5.91 Å². The minimum atomic E-state index is -0.687. The van der Waals surface area contributed by atoms with Gasteiger partial charge in [0.2, 0.25) is 0 Å². The number of unbranched alkanes of at least 4 members (excludes halogenated alkanes) is 1. The van der Waals surface area contributed by atoms with Gasteiger partial charge in [-0.2, -0.15) is 0 Å². The number of fused-ring (bicyclic) bond motifs is 1. The van der Waals surface area contributed by atoms with E-state index in [0.717, 1.165) is 24.2 Å². The number of nitrogens with two attached hydrogens (primary N) is 1. The fraction of sp³-hybridized carbons (Fsp3) is 0.333. The lowest BCUT2D eigenvalue weighted by atomic mass is 10.2. The Morgan fingerprint density at radius 1 is 1.27 bits per heavy atom. The molecule has 3 rings (SSSR count). The first-order valence-electron chi connectivity index (χ1n) is 8.45. The topological polar surface area (TPSA) is 116 Å². The third-order valence-electron chi connectivity index (χ3n) is 4.16. The minimum absolute atomic E-state index is 0.0479. The summed E-state index contributed by atoms with van der Waals surface area (Å²) < 4.78 is 6.63. The zero-order chi connectivity index (χ0) is 18.7. The molecule has 0 aliphatic heterocycles. The van der Waals surface area contributed by atoms with Crippen molar-refractivity contribution in [2.45, 2.75) is 32.7 Å². The number of imidazole rings is 1. The van der Waals surface area contributed by atoms with E-state index in [1.54, 1.807) is 7.11 Å². The van der Waals surface area contributed by atoms with Gasteiger partial charge in [0.15, 0.2) is 11.3 Å². The van der Waals surface area contributed by atoms with E-state index in [1.807, 2.05) is 24.3 Å². The number of rotatable bonds is 7. The Morgan fingerprint density at radius 3 is 2.62 bits per heavy atom. The molecular formula is C18H21N5O3. The van der Waals surface area contributed by atoms with Crippen molar-refractivity contribution in [1.82, 2.24) is 19.5 Å². The van der Waals surface area contributed by atoms with Crippen LogP contribution in [0, 0.1) is 0 Å². The SMILES string of the molecule is CCCCc1nc(C(N)=O)c2[nH]c(=O)n(Cc3ccc(OC)cc3)c2n1. The van der Waals surface area contributed by atoms with Crippen molar-refractivity contribution >= 4 is 17.1 Å². The maximum absolute atomic E-state index is 12.4. The van der Waals surface area contributed by atoms with E-state index < -0.39 is 5.91 Å². The number of hydrogen-bond acceptors (Lipinski definition) is 5. The van der Waals surface area contributed by atoms with Crippen LogP contribution < -0.4 is 16.2 Å². The number of amides is 1. The summed E-state index contributed by atoms with van der Waals surface area (Å²) in [5.41, 5.74) is 6.70. The highest BCUT2D eigenvalue weighted by Gasteiger charge is 2.18. The number of aryl methyl sites for hydroxylation is 1. The predicted octanol–water partition coefficient (Wildman–Crippen LogP) is 1.62. The monoisotopic (exact) mass is 355 g/mol. The van der Waals surface area contributed by atoms with Gasteiger partial charge in [-0.05, 0) is 24.1 Å². The number of aromatic amines is 1. The lowest BCUT2D eigenvalue weighted by Crippen LogP contribution is -2.18. The fourth-order valence-electron chi connectivity index (χ4n) is 2.76. The van der Waals surface area contributed by atoms with Crippen molar-refractivity contribution in [3.63, 3.8) is 0 Å². The highest BCUT2D eigenvalue weighted by Crippen LogP contribution is 2.16. The minimum Gasteiger partial charge on any atom is -0.497 e. The highest BCUT2D eigenvalue weighted by atomic mass is 16.5. The largest absolute Gasteiger partial charge is 0.497 e. The molecule has 0 bridgehead atoms. The highest BCUT2D eigenvalue weighted by molar-refractivity contribution is 6.01. The van der Waals surface area contributed by atoms with Crippen molar-refractivity contribution in [1.29, 1.82) is 0 Å². The number of H-pyrrole nitrogens is 1. The number of aromatic nitrogens is 4. The van der Waals surface area contributed by atoms with E-state index in [1.165, 1.54) is 4.57 Å². The predicted molar refractivity (Wildman–Crippen MR) is 97.4 cm³/mol. The molecule has 136 valence electrons. The zero-order valence-corrected chi connectivity index (χ0v) is 14.8. The van der Waals surface area contributed by atoms with Gasteiger partial charge in [0.1, 0.15) is 17.1 Å². The molecule has 3 aromatic rings. The molecule has 3 N–H and O–H groups in total. The van der Waals surface area contributed by atoms with E-state index in [0.29, 0.717) is 24.4 Å². The van der Waals surface area contributed by atoms with E-state index in [4.69, 9.17) is 10.5 Å². The molecule has 8 heteroatoms. The van der Waals surface area contributed by atoms with Crippen LogP contribution in [0.4, 0.5) is 0 Å². The van der Waals surface area contributed by atoms with Crippen LogP contribution in [-0.2, 0) is 13.0 Å². The summed E-state index contributed by atoms with van der Waals surface area (Å²) in [7, 11) is 1.60. The summed E-state index contributed by atoms with van der Waals surface area (Å²) in [5, 5.41) is 0. The Hall–Kier alpha value is -3.16. The van der Waals surface area contributed by atoms with Gasteiger partial charge in [-0.3, -0.25) is 9.36 Å². The molecule has 1 aromatic carbocycles. The van der Waals surface area contributed by atoms with Crippen LogP contribution >= 0.6 is 0 Å². The van der Waals surface area contributed by atoms with Crippen LogP contribution in [0.1, 0.15) is 41.6 Å². The Kier molecular flexibility index (Phi) is 5.01. The second-order valence-electron chi connectivity index (χ2n) is 6.02. The van der Waals surface area contributed by atoms with Gasteiger partial charge < -0.3 is 15.5 Å². The quantitative estimate of drug-likeness (QED) is 0.668. The number of hydrogen-bond donors (Lipinski definition) is 2. The van der Waals surface area contributed by atoms with E-state index in [9.17, 15) is 9.59 Å². The molecule has 1 amide bonds. The smallest absolute Gasteiger partial charge is 0.328 e. The third-order valence-corrected chi connectivity index (χ3v) is 4.16. The summed E-state index contributed by atoms with van der Waals surface area (Å²) in [6, 6.07) is 7.40. The maximum Gasteiger partial charge on any atom is 0.328 e. The van der Waals surface area contributed by atoms with Crippen LogP contribution in [-0.4, -0.2) is 32.5 Å². The van der Waals surface area contributed by atoms with Crippen molar-refractivity contribution in [2.75, 3.05) is 7.11 Å². The van der Waals surface area contributed by atoms with Gasteiger partial charge >= 0.3 is 5.69 Å². The van der Waals surface area contributed by atoms with Crippen LogP contribution in [0.25, 0.3) is 11.2 Å². The summed E-state index contributed by atoms with van der Waals surface area (Å²) >= 11 is 0. The molecule has 0 radical (unpaired) electrons. The summed E-state index contributed by atoms with van der Waals surface area (Å²) in [4.78, 5) is 35.6. The molecule has 2 aromatic heterocycles. The molecule has 0 saturated heterocycles. The van der Waals surface area contributed by atoms with Crippen LogP contribution in [0.5, 0.6) is 5.75 Å². The van der Waals surface area contributed by atoms with Crippen molar-refractivity contribution < 1.29 is 9.53 Å². The molecular weight excluding hydrogens is 334 g/mol. The van der Waals surface area contributed by atoms with Crippen molar-refractivity contribution in [3.8, 4) is 5.75 Å². The molecule has 0 aliphatic carbocycles. The molecule has 26 heavy (non-hydrogen) atoms. The van der Waals surface area contributed by atoms with Crippen molar-refractivity contribution in [2.24, 2.45) is 5.73 Å². The first-order valence-corrected chi connectivity index (χ1v) is 8.45. The fourth-order valence-corrected chi connectivity index (χ4v) is 2.76. The molecule has 2 heterocycles. The molecule has 0 atom stereocenters. The molecule has 8 nitrogen and oxygen atoms in total. The number of methoxy groups -OCH3 is 1. The number of ether oxygens (including phenoxy) is 1. The van der Waals surface area contributed by atoms with Gasteiger partial charge in [0.05, 0.1) is 13.7 Å². The third kappa shape index (κ3) is 3.44. The van der Waals surface area contributed by atoms with Crippen LogP contribution in [0.3, 0.4) is 0 Å². The molecule has 0 unspecified atom stereocenters. The summed E-state index contributed by atoms with van der Waals surface area (Å²) in [5.74, 6) is 0.559. The number of carbonyl (C=O) groups excluding carboxylic acids is 1. The first kappa shape index (κ1) is 17.7. The zero-order valence-electron chi connectivity index (χ0n) is 14.8. The Balaban J connectivity index is 2.08. The maximum atomic E-state index is 12.4. The number of primary amides is 1.